The highest BCUT2D eigenvalue weighted by Crippen LogP contribution is 2.43. The first-order valence-corrected chi connectivity index (χ1v) is 14.7. The Kier molecular flexibility index (Phi) is 6.25. The maximum absolute atomic E-state index is 12.5. The molecule has 0 fully saturated rings. The van der Waals surface area contributed by atoms with Crippen LogP contribution < -0.4 is 5.43 Å². The fourth-order valence-electron chi connectivity index (χ4n) is 5.79. The number of hydrogen-bond acceptors (Lipinski definition) is 4. The van der Waals surface area contributed by atoms with E-state index in [1.54, 1.807) is 30.3 Å². The first-order chi connectivity index (χ1) is 18.8. The molecule has 1 N–H and O–H groups in total. The van der Waals surface area contributed by atoms with Crippen molar-refractivity contribution in [3.63, 3.8) is 0 Å². The molecule has 0 amide bonds. The summed E-state index contributed by atoms with van der Waals surface area (Å²) < 4.78 is 41.9. The van der Waals surface area contributed by atoms with E-state index < -0.39 is 10.1 Å². The molecule has 0 radical (unpaired) electrons. The zero-order valence-corrected chi connectivity index (χ0v) is 22.6. The molecule has 6 aromatic rings. The van der Waals surface area contributed by atoms with Crippen molar-refractivity contribution in [2.45, 2.75) is 44.4 Å². The highest BCUT2D eigenvalue weighted by atomic mass is 32.2. The van der Waals surface area contributed by atoms with E-state index in [1.807, 2.05) is 18.2 Å². The van der Waals surface area contributed by atoms with Gasteiger partial charge >= 0.3 is 0 Å². The van der Waals surface area contributed by atoms with E-state index in [4.69, 9.17) is 4.42 Å². The van der Waals surface area contributed by atoms with Crippen LogP contribution in [0.2, 0.25) is 0 Å². The van der Waals surface area contributed by atoms with Crippen LogP contribution in [0.5, 0.6) is 0 Å². The molecule has 0 spiro atoms. The Morgan fingerprint density at radius 3 is 2.13 bits per heavy atom. The van der Waals surface area contributed by atoms with Crippen molar-refractivity contribution in [1.82, 2.24) is 0 Å². The number of fused-ring (bicyclic) bond motifs is 6. The zero-order valence-electron chi connectivity index (χ0n) is 21.8. The van der Waals surface area contributed by atoms with E-state index in [0.717, 1.165) is 52.6 Å². The standard InChI is InChI=1S/C33H28O5S/c1-3-7-20-17-21(8-4-2)24-15-16-28-31(26-9-5-6-10-30(26)39(35,36)37)27-13-11-22-19-23(34)12-14-25(22)32(27)38-33(28)29(24)18-20/h5-6,9-19H,3-4,7-8H2,1-2H3,(H,35,36,37). The van der Waals surface area contributed by atoms with Crippen molar-refractivity contribution in [2.24, 2.45) is 0 Å². The van der Waals surface area contributed by atoms with E-state index >= 15 is 0 Å². The van der Waals surface area contributed by atoms with Gasteiger partial charge in [-0.15, -0.1) is 0 Å². The number of hydrogen-bond donors (Lipinski definition) is 1. The Bertz CT molecular complexity index is 2090. The van der Waals surface area contributed by atoms with Gasteiger partial charge in [-0.05, 0) is 77.2 Å². The van der Waals surface area contributed by atoms with Gasteiger partial charge in [0, 0.05) is 32.7 Å². The summed E-state index contributed by atoms with van der Waals surface area (Å²) in [7, 11) is -4.51. The van der Waals surface area contributed by atoms with Crippen LogP contribution in [0.15, 0.2) is 93.0 Å². The molecular formula is C33H28O5S. The normalized spacial score (nSPS) is 12.2. The van der Waals surface area contributed by atoms with Gasteiger partial charge in [0.2, 0.25) is 0 Å². The molecule has 0 aliphatic carbocycles. The molecule has 196 valence electrons. The summed E-state index contributed by atoms with van der Waals surface area (Å²) in [5, 5.41) is 5.01. The summed E-state index contributed by atoms with van der Waals surface area (Å²) in [5.41, 5.74) is 4.64. The quantitative estimate of drug-likeness (QED) is 0.132. The molecule has 0 atom stereocenters. The van der Waals surface area contributed by atoms with E-state index in [-0.39, 0.29) is 10.3 Å². The number of rotatable bonds is 6. The van der Waals surface area contributed by atoms with Gasteiger partial charge in [0.15, 0.2) is 5.43 Å². The van der Waals surface area contributed by atoms with Crippen LogP contribution >= 0.6 is 0 Å². The lowest BCUT2D eigenvalue weighted by molar-refractivity contribution is 0.483. The van der Waals surface area contributed by atoms with Crippen molar-refractivity contribution in [2.75, 3.05) is 0 Å². The summed E-state index contributed by atoms with van der Waals surface area (Å²) in [5.74, 6) is 0. The first-order valence-electron chi connectivity index (χ1n) is 13.2. The summed E-state index contributed by atoms with van der Waals surface area (Å²) in [6, 6.07) is 23.5. The van der Waals surface area contributed by atoms with Gasteiger partial charge in [-0.1, -0.05) is 63.1 Å². The van der Waals surface area contributed by atoms with Crippen molar-refractivity contribution in [3.8, 4) is 11.1 Å². The van der Waals surface area contributed by atoms with Gasteiger partial charge in [-0.3, -0.25) is 9.35 Å². The summed E-state index contributed by atoms with van der Waals surface area (Å²) >= 11 is 0. The lowest BCUT2D eigenvalue weighted by atomic mass is 9.91. The predicted molar refractivity (Wildman–Crippen MR) is 158 cm³/mol. The molecule has 0 saturated heterocycles. The third-order valence-corrected chi connectivity index (χ3v) is 8.32. The molecule has 5 nitrogen and oxygen atoms in total. The lowest BCUT2D eigenvalue weighted by Gasteiger charge is -2.17. The molecule has 6 heteroatoms. The Morgan fingerprint density at radius 2 is 1.38 bits per heavy atom. The van der Waals surface area contributed by atoms with Gasteiger partial charge in [-0.2, -0.15) is 8.42 Å². The zero-order chi connectivity index (χ0) is 27.3. The third kappa shape index (κ3) is 4.30. The highest BCUT2D eigenvalue weighted by Gasteiger charge is 2.23. The summed E-state index contributed by atoms with van der Waals surface area (Å²) in [6.45, 7) is 4.32. The largest absolute Gasteiger partial charge is 0.455 e. The SMILES string of the molecule is CCCc1cc(CCC)c2ccc3c(-c4ccccc4S(=O)(=O)O)c4ccc5cc(=O)ccc5c4oc3c2c1. The average molecular weight is 537 g/mol. The molecule has 1 heterocycles. The highest BCUT2D eigenvalue weighted by molar-refractivity contribution is 7.86. The van der Waals surface area contributed by atoms with Crippen LogP contribution in [0, 0.1) is 0 Å². The van der Waals surface area contributed by atoms with Gasteiger partial charge in [0.1, 0.15) is 16.1 Å². The maximum Gasteiger partial charge on any atom is 0.295 e. The summed E-state index contributed by atoms with van der Waals surface area (Å²) in [4.78, 5) is 12.0. The number of aryl methyl sites for hydroxylation is 2. The van der Waals surface area contributed by atoms with Gasteiger partial charge < -0.3 is 4.42 Å². The second kappa shape index (κ2) is 9.63. The van der Waals surface area contributed by atoms with Crippen molar-refractivity contribution in [3.05, 3.63) is 100 Å². The molecule has 6 rings (SSSR count). The monoisotopic (exact) mass is 536 g/mol. The second-order valence-electron chi connectivity index (χ2n) is 10.1. The molecule has 0 aliphatic rings. The second-order valence-corrected chi connectivity index (χ2v) is 11.5. The van der Waals surface area contributed by atoms with Gasteiger partial charge in [-0.25, -0.2) is 0 Å². The average Bonchev–Trinajstić information content (AvgIpc) is 2.91. The Labute approximate surface area is 226 Å². The Balaban J connectivity index is 1.88. The molecule has 0 aliphatic heterocycles. The molecule has 1 aromatic heterocycles. The van der Waals surface area contributed by atoms with Gasteiger partial charge in [0.25, 0.3) is 10.1 Å². The van der Waals surface area contributed by atoms with Gasteiger partial charge in [0.05, 0.1) is 0 Å². The third-order valence-electron chi connectivity index (χ3n) is 7.41. The fraction of sp³-hybridized carbons (Fsp3) is 0.182. The van der Waals surface area contributed by atoms with Crippen LogP contribution in [-0.4, -0.2) is 13.0 Å². The molecule has 5 aromatic carbocycles. The van der Waals surface area contributed by atoms with Crippen molar-refractivity contribution in [1.29, 1.82) is 0 Å². The van der Waals surface area contributed by atoms with E-state index in [9.17, 15) is 17.8 Å². The smallest absolute Gasteiger partial charge is 0.295 e. The molecule has 0 bridgehead atoms. The minimum Gasteiger partial charge on any atom is -0.455 e. The molecule has 39 heavy (non-hydrogen) atoms. The van der Waals surface area contributed by atoms with E-state index in [0.29, 0.717) is 27.7 Å². The van der Waals surface area contributed by atoms with E-state index in [2.05, 4.69) is 32.0 Å². The fourth-order valence-corrected chi connectivity index (χ4v) is 6.49. The van der Waals surface area contributed by atoms with Crippen molar-refractivity contribution < 1.29 is 17.4 Å². The van der Waals surface area contributed by atoms with E-state index in [1.165, 1.54) is 23.3 Å². The Hall–Kier alpha value is -4.00. The number of benzene rings is 5. The molecular weight excluding hydrogens is 508 g/mol. The molecule has 0 unspecified atom stereocenters. The van der Waals surface area contributed by atoms with Crippen LogP contribution in [0.1, 0.15) is 37.8 Å². The lowest BCUT2D eigenvalue weighted by Crippen LogP contribution is -2.01. The predicted octanol–water partition coefficient (Wildman–Crippen LogP) is 8.07. The topological polar surface area (TPSA) is 84.6 Å². The maximum atomic E-state index is 12.5. The van der Waals surface area contributed by atoms with Crippen LogP contribution in [0.3, 0.4) is 0 Å². The van der Waals surface area contributed by atoms with Crippen molar-refractivity contribution >= 4 is 53.6 Å². The van der Waals surface area contributed by atoms with Crippen LogP contribution in [0.25, 0.3) is 54.6 Å². The minimum atomic E-state index is -4.51. The molecule has 0 saturated carbocycles. The minimum absolute atomic E-state index is 0.0987. The van der Waals surface area contributed by atoms with Crippen LogP contribution in [0.4, 0.5) is 0 Å². The summed E-state index contributed by atoms with van der Waals surface area (Å²) in [6.07, 6.45) is 3.88. The first kappa shape index (κ1) is 25.3. The van der Waals surface area contributed by atoms with Crippen LogP contribution in [-0.2, 0) is 23.0 Å². The Morgan fingerprint density at radius 1 is 0.718 bits per heavy atom.